The number of methoxy groups -OCH3 is 1. The number of nitrogens with zero attached hydrogens (tertiary/aromatic N) is 4. The van der Waals surface area contributed by atoms with Crippen molar-refractivity contribution < 1.29 is 18.7 Å². The Morgan fingerprint density at radius 1 is 1.05 bits per heavy atom. The number of carbonyl (C=O) groups excluding carboxylic acids is 2. The summed E-state index contributed by atoms with van der Waals surface area (Å²) in [6.07, 6.45) is 9.32. The van der Waals surface area contributed by atoms with E-state index in [0.29, 0.717) is 40.0 Å². The second-order valence-corrected chi connectivity index (χ2v) is 8.76. The van der Waals surface area contributed by atoms with Crippen LogP contribution >= 0.6 is 0 Å². The van der Waals surface area contributed by atoms with Crippen LogP contribution in [0.1, 0.15) is 33.0 Å². The molecule has 0 saturated heterocycles. The first-order chi connectivity index (χ1) is 18.1. The summed E-state index contributed by atoms with van der Waals surface area (Å²) in [6, 6.07) is 12.2. The number of allylic oxidation sites excluding steroid dienone is 2. The van der Waals surface area contributed by atoms with E-state index in [1.54, 1.807) is 48.1 Å². The molecule has 184 valence electrons. The smallest absolute Gasteiger partial charge is 0.265 e. The van der Waals surface area contributed by atoms with Crippen molar-refractivity contribution in [2.24, 2.45) is 0 Å². The van der Waals surface area contributed by atoms with Crippen molar-refractivity contribution in [3.8, 4) is 11.5 Å². The molecule has 0 radical (unpaired) electrons. The number of hydrogen-bond donors (Lipinski definition) is 0. The average molecular weight is 495 g/mol. The standard InChI is InChI=1S/C28H22N4O5/c1-36-18-11-9-17(10-12-18)32-23(30-22-8-3-2-5-19(22)27(32)34)13-15-31-26(33)21-7-4-6-20(24(21)28(31)35)25-29-14-16-37-25/h2-11,14,16,18H,12-13,15H2,1H3. The number of ether oxygens (including phenoxy) is 1. The number of aromatic nitrogens is 3. The first-order valence-corrected chi connectivity index (χ1v) is 11.9. The zero-order chi connectivity index (χ0) is 25.5. The molecule has 0 bridgehead atoms. The molecule has 1 aliphatic carbocycles. The third-order valence-electron chi connectivity index (χ3n) is 6.67. The zero-order valence-corrected chi connectivity index (χ0v) is 20.0. The number of amides is 2. The third kappa shape index (κ3) is 3.80. The number of benzene rings is 2. The van der Waals surface area contributed by atoms with Gasteiger partial charge in [-0.05, 0) is 36.8 Å². The molecule has 6 rings (SSSR count). The Bertz CT molecular complexity index is 1670. The van der Waals surface area contributed by atoms with E-state index in [1.807, 2.05) is 24.3 Å². The Kier molecular flexibility index (Phi) is 5.61. The van der Waals surface area contributed by atoms with E-state index < -0.39 is 11.8 Å². The second-order valence-electron chi connectivity index (χ2n) is 8.76. The van der Waals surface area contributed by atoms with Crippen molar-refractivity contribution in [3.05, 3.63) is 100 Å². The molecule has 2 amide bonds. The van der Waals surface area contributed by atoms with Crippen LogP contribution in [0.4, 0.5) is 0 Å². The number of hydrogen-bond acceptors (Lipinski definition) is 7. The number of carbonyl (C=O) groups is 2. The van der Waals surface area contributed by atoms with E-state index in [0.717, 1.165) is 0 Å². The molecule has 0 N–H and O–H groups in total. The number of rotatable bonds is 6. The monoisotopic (exact) mass is 494 g/mol. The molecule has 2 aliphatic rings. The Hall–Kier alpha value is -4.63. The summed E-state index contributed by atoms with van der Waals surface area (Å²) in [5.74, 6) is -0.0961. The number of oxazole rings is 1. The fourth-order valence-corrected chi connectivity index (χ4v) is 4.83. The van der Waals surface area contributed by atoms with E-state index in [4.69, 9.17) is 14.1 Å². The van der Waals surface area contributed by atoms with Gasteiger partial charge in [-0.3, -0.25) is 23.9 Å². The summed E-state index contributed by atoms with van der Waals surface area (Å²) < 4.78 is 12.3. The van der Waals surface area contributed by atoms with Crippen molar-refractivity contribution in [3.63, 3.8) is 0 Å². The molecule has 3 heterocycles. The fourth-order valence-electron chi connectivity index (χ4n) is 4.83. The number of fused-ring (bicyclic) bond motifs is 2. The van der Waals surface area contributed by atoms with Gasteiger partial charge in [0, 0.05) is 25.8 Å². The van der Waals surface area contributed by atoms with Crippen molar-refractivity contribution >= 4 is 28.4 Å². The average Bonchev–Trinajstić information content (AvgIpc) is 3.55. The van der Waals surface area contributed by atoms with Crippen molar-refractivity contribution in [1.82, 2.24) is 19.4 Å². The molecule has 1 unspecified atom stereocenters. The molecule has 4 aromatic rings. The first-order valence-electron chi connectivity index (χ1n) is 11.9. The Labute approximate surface area is 211 Å². The molecule has 0 fully saturated rings. The van der Waals surface area contributed by atoms with Crippen molar-refractivity contribution in [2.45, 2.75) is 18.9 Å². The van der Waals surface area contributed by atoms with E-state index in [2.05, 4.69) is 4.98 Å². The van der Waals surface area contributed by atoms with Gasteiger partial charge in [0.2, 0.25) is 5.89 Å². The maximum atomic E-state index is 13.5. The van der Waals surface area contributed by atoms with Crippen LogP contribution in [-0.2, 0) is 11.2 Å². The molecule has 1 atom stereocenters. The van der Waals surface area contributed by atoms with E-state index in [-0.39, 0.29) is 36.1 Å². The Morgan fingerprint density at radius 3 is 2.65 bits per heavy atom. The van der Waals surface area contributed by atoms with Crippen LogP contribution in [0.2, 0.25) is 0 Å². The maximum absolute atomic E-state index is 13.5. The third-order valence-corrected chi connectivity index (χ3v) is 6.67. The first kappa shape index (κ1) is 22.8. The number of para-hydroxylation sites is 1. The molecule has 9 nitrogen and oxygen atoms in total. The van der Waals surface area contributed by atoms with Gasteiger partial charge in [-0.1, -0.05) is 30.4 Å². The molecule has 2 aromatic carbocycles. The van der Waals surface area contributed by atoms with E-state index in [9.17, 15) is 14.4 Å². The summed E-state index contributed by atoms with van der Waals surface area (Å²) in [5.41, 5.74) is 2.06. The highest BCUT2D eigenvalue weighted by molar-refractivity contribution is 6.23. The minimum Gasteiger partial charge on any atom is -0.445 e. The van der Waals surface area contributed by atoms with Crippen LogP contribution in [0.5, 0.6) is 0 Å². The molecular weight excluding hydrogens is 472 g/mol. The predicted molar refractivity (Wildman–Crippen MR) is 136 cm³/mol. The molecular formula is C28H22N4O5. The molecule has 1 aliphatic heterocycles. The van der Waals surface area contributed by atoms with Crippen LogP contribution in [0.25, 0.3) is 28.1 Å². The SMILES string of the molecule is COC1C=CC(n2c(CCN3C(=O)c4cccc(-c5ncco5)c4C3=O)nc3ccccc3c2=O)=CC1. The maximum Gasteiger partial charge on any atom is 0.265 e. The minimum absolute atomic E-state index is 0.0554. The summed E-state index contributed by atoms with van der Waals surface area (Å²) in [4.78, 5) is 50.2. The van der Waals surface area contributed by atoms with Gasteiger partial charge in [0.15, 0.2) is 0 Å². The summed E-state index contributed by atoms with van der Waals surface area (Å²) >= 11 is 0. The second kappa shape index (κ2) is 9.11. The number of imide groups is 1. The summed E-state index contributed by atoms with van der Waals surface area (Å²) in [5, 5.41) is 0.491. The van der Waals surface area contributed by atoms with Crippen LogP contribution < -0.4 is 5.56 Å². The van der Waals surface area contributed by atoms with Gasteiger partial charge in [0.05, 0.1) is 39.9 Å². The van der Waals surface area contributed by atoms with Gasteiger partial charge in [0.25, 0.3) is 17.4 Å². The van der Waals surface area contributed by atoms with Crippen molar-refractivity contribution in [2.75, 3.05) is 13.7 Å². The highest BCUT2D eigenvalue weighted by Crippen LogP contribution is 2.32. The highest BCUT2D eigenvalue weighted by atomic mass is 16.5. The Balaban J connectivity index is 1.36. The van der Waals surface area contributed by atoms with E-state index in [1.165, 1.54) is 17.4 Å². The van der Waals surface area contributed by atoms with Gasteiger partial charge < -0.3 is 9.15 Å². The van der Waals surface area contributed by atoms with Crippen LogP contribution in [-0.4, -0.2) is 51.0 Å². The lowest BCUT2D eigenvalue weighted by Gasteiger charge is -2.20. The topological polar surface area (TPSA) is 108 Å². The van der Waals surface area contributed by atoms with Crippen LogP contribution in [0.3, 0.4) is 0 Å². The lowest BCUT2D eigenvalue weighted by Crippen LogP contribution is -2.34. The quantitative estimate of drug-likeness (QED) is 0.376. The molecule has 9 heteroatoms. The van der Waals surface area contributed by atoms with Gasteiger partial charge >= 0.3 is 0 Å². The molecule has 2 aromatic heterocycles. The predicted octanol–water partition coefficient (Wildman–Crippen LogP) is 3.71. The lowest BCUT2D eigenvalue weighted by atomic mass is 10.0. The van der Waals surface area contributed by atoms with Crippen molar-refractivity contribution in [1.29, 1.82) is 0 Å². The van der Waals surface area contributed by atoms with Gasteiger partial charge in [0.1, 0.15) is 12.1 Å². The minimum atomic E-state index is -0.428. The molecule has 0 saturated carbocycles. The normalized spacial score (nSPS) is 16.9. The fraction of sp³-hybridized carbons (Fsp3) is 0.179. The zero-order valence-electron chi connectivity index (χ0n) is 20.0. The molecule has 37 heavy (non-hydrogen) atoms. The summed E-state index contributed by atoms with van der Waals surface area (Å²) in [7, 11) is 1.64. The highest BCUT2D eigenvalue weighted by Gasteiger charge is 2.38. The van der Waals surface area contributed by atoms with Gasteiger partial charge in [-0.15, -0.1) is 0 Å². The van der Waals surface area contributed by atoms with Gasteiger partial charge in [-0.2, -0.15) is 0 Å². The van der Waals surface area contributed by atoms with Crippen LogP contribution in [0.15, 0.2) is 82.4 Å². The van der Waals surface area contributed by atoms with Crippen LogP contribution in [0, 0.1) is 0 Å². The molecule has 0 spiro atoms. The summed E-state index contributed by atoms with van der Waals surface area (Å²) in [6.45, 7) is 0.0554. The largest absolute Gasteiger partial charge is 0.445 e. The van der Waals surface area contributed by atoms with Gasteiger partial charge in [-0.25, -0.2) is 9.97 Å². The Morgan fingerprint density at radius 2 is 1.89 bits per heavy atom. The van der Waals surface area contributed by atoms with E-state index >= 15 is 0 Å². The lowest BCUT2D eigenvalue weighted by molar-refractivity contribution is 0.0655.